The molecule has 2 rings (SSSR count). The molecule has 0 aromatic heterocycles. The molecule has 6 heteroatoms. The Morgan fingerprint density at radius 1 is 1.19 bits per heavy atom. The molecule has 112 valence electrons. The van der Waals surface area contributed by atoms with Crippen molar-refractivity contribution in [2.24, 2.45) is 0 Å². The van der Waals surface area contributed by atoms with Crippen molar-refractivity contribution in [3.63, 3.8) is 0 Å². The van der Waals surface area contributed by atoms with Crippen LogP contribution in [0.5, 0.6) is 0 Å². The van der Waals surface area contributed by atoms with E-state index in [2.05, 4.69) is 15.9 Å². The van der Waals surface area contributed by atoms with Crippen LogP contribution in [0.2, 0.25) is 0 Å². The van der Waals surface area contributed by atoms with E-state index in [0.717, 1.165) is 11.1 Å². The molecule has 0 saturated heterocycles. The van der Waals surface area contributed by atoms with E-state index < -0.39 is 10.0 Å². The van der Waals surface area contributed by atoms with Gasteiger partial charge in [-0.25, -0.2) is 8.42 Å². The highest BCUT2D eigenvalue weighted by atomic mass is 79.9. The van der Waals surface area contributed by atoms with Gasteiger partial charge < -0.3 is 0 Å². The molecule has 2 aromatic carbocycles. The van der Waals surface area contributed by atoms with Crippen LogP contribution in [0.4, 0.5) is 5.69 Å². The molecule has 0 atom stereocenters. The highest BCUT2D eigenvalue weighted by molar-refractivity contribution is 9.10. The summed E-state index contributed by atoms with van der Waals surface area (Å²) in [7, 11) is -2.11. The Bertz CT molecular complexity index is 748. The van der Waals surface area contributed by atoms with Crippen LogP contribution >= 0.6 is 27.5 Å². The molecule has 21 heavy (non-hydrogen) atoms. The lowest BCUT2D eigenvalue weighted by Crippen LogP contribution is -2.27. The van der Waals surface area contributed by atoms with E-state index in [4.69, 9.17) is 11.6 Å². The molecule has 0 aliphatic rings. The number of aryl methyl sites for hydroxylation is 1. The first-order chi connectivity index (χ1) is 9.87. The predicted octanol–water partition coefficient (Wildman–Crippen LogP) is 4.32. The minimum absolute atomic E-state index is 0.226. The van der Waals surface area contributed by atoms with E-state index in [1.165, 1.54) is 4.31 Å². The van der Waals surface area contributed by atoms with Crippen LogP contribution in [0.25, 0.3) is 0 Å². The number of para-hydroxylation sites is 1. The van der Waals surface area contributed by atoms with Crippen LogP contribution in [0.3, 0.4) is 0 Å². The zero-order chi connectivity index (χ0) is 15.6. The highest BCUT2D eigenvalue weighted by Crippen LogP contribution is 2.31. The fourth-order valence-electron chi connectivity index (χ4n) is 2.00. The molecule has 0 fully saturated rings. The topological polar surface area (TPSA) is 37.4 Å². The summed E-state index contributed by atoms with van der Waals surface area (Å²) < 4.78 is 27.5. The number of hydrogen-bond acceptors (Lipinski definition) is 2. The number of rotatable bonds is 4. The molecular weight excluding hydrogens is 374 g/mol. The number of alkyl halides is 1. The lowest BCUT2D eigenvalue weighted by Gasteiger charge is -2.21. The zero-order valence-electron chi connectivity index (χ0n) is 11.7. The van der Waals surface area contributed by atoms with Crippen molar-refractivity contribution in [1.82, 2.24) is 0 Å². The maximum Gasteiger partial charge on any atom is 0.265 e. The molecule has 0 aliphatic heterocycles. The molecule has 2 aromatic rings. The molecule has 0 amide bonds. The minimum atomic E-state index is -3.65. The van der Waals surface area contributed by atoms with Gasteiger partial charge in [0.05, 0.1) is 5.69 Å². The van der Waals surface area contributed by atoms with Crippen molar-refractivity contribution in [1.29, 1.82) is 0 Å². The van der Waals surface area contributed by atoms with Crippen molar-refractivity contribution in [2.75, 3.05) is 11.4 Å². The van der Waals surface area contributed by atoms with Crippen LogP contribution in [-0.2, 0) is 15.9 Å². The summed E-state index contributed by atoms with van der Waals surface area (Å²) in [6.45, 7) is 1.85. The molecule has 0 unspecified atom stereocenters. The second-order valence-corrected chi connectivity index (χ2v) is 7.66. The van der Waals surface area contributed by atoms with Crippen LogP contribution in [0.15, 0.2) is 51.8 Å². The number of nitrogens with zero attached hydrogens (tertiary/aromatic N) is 1. The maximum atomic E-state index is 12.8. The van der Waals surface area contributed by atoms with E-state index in [9.17, 15) is 8.42 Å². The van der Waals surface area contributed by atoms with Crippen molar-refractivity contribution in [3.05, 3.63) is 58.1 Å². The summed E-state index contributed by atoms with van der Waals surface area (Å²) in [5.41, 5.74) is 2.23. The third-order valence-corrected chi connectivity index (χ3v) is 6.63. The smallest absolute Gasteiger partial charge is 0.265 e. The van der Waals surface area contributed by atoms with Crippen LogP contribution in [-0.4, -0.2) is 15.5 Å². The first-order valence-corrected chi connectivity index (χ1v) is 9.03. The van der Waals surface area contributed by atoms with Gasteiger partial charge in [-0.05, 0) is 52.2 Å². The molecule has 0 saturated carbocycles. The van der Waals surface area contributed by atoms with Crippen molar-refractivity contribution >= 4 is 43.2 Å². The summed E-state index contributed by atoms with van der Waals surface area (Å²) in [6, 6.07) is 12.4. The summed E-state index contributed by atoms with van der Waals surface area (Å²) in [5, 5.41) is 0. The molecule has 3 nitrogen and oxygen atoms in total. The molecule has 0 radical (unpaired) electrons. The van der Waals surface area contributed by atoms with E-state index >= 15 is 0 Å². The van der Waals surface area contributed by atoms with Crippen molar-refractivity contribution in [3.8, 4) is 0 Å². The van der Waals surface area contributed by atoms with Gasteiger partial charge >= 0.3 is 0 Å². The number of anilines is 1. The third kappa shape index (κ3) is 3.25. The molecule has 0 spiro atoms. The first-order valence-electron chi connectivity index (χ1n) is 6.27. The SMILES string of the molecule is Cc1cc(CCl)cc(S(=O)(=O)N(C)c2ccccc2)c1Br. The fraction of sp³-hybridized carbons (Fsp3) is 0.200. The Morgan fingerprint density at radius 2 is 1.81 bits per heavy atom. The average molecular weight is 389 g/mol. The van der Waals surface area contributed by atoms with E-state index in [0.29, 0.717) is 10.2 Å². The van der Waals surface area contributed by atoms with Gasteiger partial charge in [-0.15, -0.1) is 11.6 Å². The number of halogens is 2. The Labute approximate surface area is 138 Å². The van der Waals surface area contributed by atoms with Crippen molar-refractivity contribution in [2.45, 2.75) is 17.7 Å². The van der Waals surface area contributed by atoms with Gasteiger partial charge in [-0.3, -0.25) is 4.31 Å². The van der Waals surface area contributed by atoms with Gasteiger partial charge in [0.15, 0.2) is 0 Å². The lowest BCUT2D eigenvalue weighted by atomic mass is 10.2. The fourth-order valence-corrected chi connectivity index (χ4v) is 4.38. The van der Waals surface area contributed by atoms with Gasteiger partial charge in [-0.1, -0.05) is 24.3 Å². The third-order valence-electron chi connectivity index (χ3n) is 3.19. The molecule has 0 bridgehead atoms. The van der Waals surface area contributed by atoms with E-state index in [1.54, 1.807) is 37.4 Å². The summed E-state index contributed by atoms with van der Waals surface area (Å²) >= 11 is 9.22. The van der Waals surface area contributed by atoms with E-state index in [-0.39, 0.29) is 10.8 Å². The maximum absolute atomic E-state index is 12.8. The minimum Gasteiger partial charge on any atom is -0.269 e. The quantitative estimate of drug-likeness (QED) is 0.731. The zero-order valence-corrected chi connectivity index (χ0v) is 14.8. The molecule has 0 N–H and O–H groups in total. The largest absolute Gasteiger partial charge is 0.269 e. The Morgan fingerprint density at radius 3 is 2.38 bits per heavy atom. The van der Waals surface area contributed by atoms with Gasteiger partial charge in [0.25, 0.3) is 10.0 Å². The standard InChI is InChI=1S/C15H15BrClNO2S/c1-11-8-12(10-17)9-14(15(11)16)21(19,20)18(2)13-6-4-3-5-7-13/h3-9H,10H2,1-2H3. The summed E-state index contributed by atoms with van der Waals surface area (Å²) in [4.78, 5) is 0.226. The van der Waals surface area contributed by atoms with Gasteiger partial charge in [0.2, 0.25) is 0 Å². The van der Waals surface area contributed by atoms with E-state index in [1.807, 2.05) is 19.1 Å². The molecule has 0 heterocycles. The second-order valence-electron chi connectivity index (χ2n) is 4.67. The van der Waals surface area contributed by atoms with Gasteiger partial charge in [0.1, 0.15) is 4.90 Å². The Balaban J connectivity index is 2.57. The number of hydrogen-bond donors (Lipinski definition) is 0. The van der Waals surface area contributed by atoms with Crippen LogP contribution in [0, 0.1) is 6.92 Å². The van der Waals surface area contributed by atoms with Crippen LogP contribution < -0.4 is 4.31 Å². The number of benzene rings is 2. The monoisotopic (exact) mass is 387 g/mol. The van der Waals surface area contributed by atoms with Crippen LogP contribution in [0.1, 0.15) is 11.1 Å². The van der Waals surface area contributed by atoms with Gasteiger partial charge in [-0.2, -0.15) is 0 Å². The Kier molecular flexibility index (Phi) is 4.96. The normalized spacial score (nSPS) is 11.4. The highest BCUT2D eigenvalue weighted by Gasteiger charge is 2.25. The first kappa shape index (κ1) is 16.3. The predicted molar refractivity (Wildman–Crippen MR) is 90.5 cm³/mol. The second kappa shape index (κ2) is 6.38. The lowest BCUT2D eigenvalue weighted by molar-refractivity contribution is 0.593. The Hall–Kier alpha value is -1.04. The number of sulfonamides is 1. The molecular formula is C15H15BrClNO2S. The molecule has 0 aliphatic carbocycles. The van der Waals surface area contributed by atoms with Crippen molar-refractivity contribution < 1.29 is 8.42 Å². The summed E-state index contributed by atoms with van der Waals surface area (Å²) in [6.07, 6.45) is 0. The van der Waals surface area contributed by atoms with Gasteiger partial charge in [0, 0.05) is 17.4 Å². The average Bonchev–Trinajstić information content (AvgIpc) is 2.49. The summed E-state index contributed by atoms with van der Waals surface area (Å²) in [5.74, 6) is 0.270.